The largest absolute Gasteiger partial charge is 0.444 e. The van der Waals surface area contributed by atoms with E-state index in [-0.39, 0.29) is 24.1 Å². The highest BCUT2D eigenvalue weighted by atomic mass is 16.6. The van der Waals surface area contributed by atoms with Crippen LogP contribution in [-0.2, 0) is 9.53 Å². The van der Waals surface area contributed by atoms with E-state index in [1.165, 1.54) is 6.92 Å². The third-order valence-corrected chi connectivity index (χ3v) is 3.87. The topological polar surface area (TPSA) is 70.7 Å². The molecule has 2 unspecified atom stereocenters. The molecule has 2 atom stereocenters. The number of amides is 2. The Labute approximate surface area is 140 Å². The van der Waals surface area contributed by atoms with Crippen molar-refractivity contribution in [1.82, 2.24) is 15.5 Å². The number of likely N-dealkylation sites (tertiary alicyclic amines) is 1. The van der Waals surface area contributed by atoms with Crippen LogP contribution in [0.2, 0.25) is 0 Å². The van der Waals surface area contributed by atoms with E-state index in [2.05, 4.69) is 17.6 Å². The fraction of sp³-hybridized carbons (Fsp3) is 0.882. The minimum Gasteiger partial charge on any atom is -0.444 e. The van der Waals surface area contributed by atoms with Gasteiger partial charge >= 0.3 is 6.09 Å². The first kappa shape index (κ1) is 19.7. The summed E-state index contributed by atoms with van der Waals surface area (Å²) in [5, 5.41) is 6.17. The number of carbonyl (C=O) groups excluding carboxylic acids is 2. The molecule has 0 aromatic carbocycles. The lowest BCUT2D eigenvalue weighted by Crippen LogP contribution is -2.48. The minimum absolute atomic E-state index is 0.0113. The molecule has 1 saturated heterocycles. The van der Waals surface area contributed by atoms with E-state index in [0.29, 0.717) is 6.54 Å². The van der Waals surface area contributed by atoms with E-state index >= 15 is 0 Å². The predicted molar refractivity (Wildman–Crippen MR) is 91.3 cm³/mol. The summed E-state index contributed by atoms with van der Waals surface area (Å²) in [6.45, 7) is 11.5. The monoisotopic (exact) mass is 327 g/mol. The molecule has 1 rings (SSSR count). The summed E-state index contributed by atoms with van der Waals surface area (Å²) in [5.41, 5.74) is -0.457. The van der Waals surface area contributed by atoms with E-state index < -0.39 is 5.60 Å². The standard InChI is InChI=1S/C17H33N3O3/c1-13(18-9-10-19-14(2)21)12-15-8-6-7-11-20(15)16(22)23-17(3,4)5/h13,15,18H,6-12H2,1-5H3,(H,19,21). The zero-order valence-electron chi connectivity index (χ0n) is 15.3. The number of carbonyl (C=O) groups is 2. The summed E-state index contributed by atoms with van der Waals surface area (Å²) in [5.74, 6) is -0.0113. The quantitative estimate of drug-likeness (QED) is 0.734. The van der Waals surface area contributed by atoms with E-state index in [1.54, 1.807) is 0 Å². The van der Waals surface area contributed by atoms with Gasteiger partial charge in [0.25, 0.3) is 0 Å². The van der Waals surface area contributed by atoms with Crippen LogP contribution in [0, 0.1) is 0 Å². The Kier molecular flexibility index (Phi) is 7.82. The number of ether oxygens (including phenoxy) is 1. The van der Waals surface area contributed by atoms with Crippen molar-refractivity contribution in [2.75, 3.05) is 19.6 Å². The number of hydrogen-bond donors (Lipinski definition) is 2. The number of rotatable bonds is 6. The minimum atomic E-state index is -0.457. The van der Waals surface area contributed by atoms with Gasteiger partial charge in [0.15, 0.2) is 0 Å². The second-order valence-electron chi connectivity index (χ2n) is 7.40. The van der Waals surface area contributed by atoms with E-state index in [9.17, 15) is 9.59 Å². The number of nitrogens with zero attached hydrogens (tertiary/aromatic N) is 1. The van der Waals surface area contributed by atoms with Crippen LogP contribution in [0.25, 0.3) is 0 Å². The molecule has 23 heavy (non-hydrogen) atoms. The van der Waals surface area contributed by atoms with Gasteiger partial charge in [-0.3, -0.25) is 4.79 Å². The van der Waals surface area contributed by atoms with Gasteiger partial charge in [-0.15, -0.1) is 0 Å². The molecule has 6 heteroatoms. The zero-order chi connectivity index (χ0) is 17.5. The molecule has 2 N–H and O–H groups in total. The summed E-state index contributed by atoms with van der Waals surface area (Å²) in [6, 6.07) is 0.513. The SMILES string of the molecule is CC(=O)NCCNC(C)CC1CCCCN1C(=O)OC(C)(C)C. The smallest absolute Gasteiger partial charge is 0.410 e. The van der Waals surface area contributed by atoms with Crippen molar-refractivity contribution in [3.05, 3.63) is 0 Å². The molecule has 0 aromatic heterocycles. The third kappa shape index (κ3) is 8.21. The molecule has 1 fully saturated rings. The van der Waals surface area contributed by atoms with Crippen LogP contribution in [0.4, 0.5) is 4.79 Å². The molecule has 0 bridgehead atoms. The van der Waals surface area contributed by atoms with Crippen LogP contribution < -0.4 is 10.6 Å². The van der Waals surface area contributed by atoms with Crippen LogP contribution in [0.3, 0.4) is 0 Å². The maximum absolute atomic E-state index is 12.4. The van der Waals surface area contributed by atoms with Crippen molar-refractivity contribution in [2.24, 2.45) is 0 Å². The van der Waals surface area contributed by atoms with Crippen LogP contribution in [0.1, 0.15) is 60.3 Å². The Morgan fingerprint density at radius 3 is 2.57 bits per heavy atom. The van der Waals surface area contributed by atoms with Gasteiger partial charge in [0.2, 0.25) is 5.91 Å². The molecular weight excluding hydrogens is 294 g/mol. The van der Waals surface area contributed by atoms with Crippen molar-refractivity contribution in [2.45, 2.75) is 78.0 Å². The average molecular weight is 327 g/mol. The molecular formula is C17H33N3O3. The van der Waals surface area contributed by atoms with E-state index in [4.69, 9.17) is 4.74 Å². The van der Waals surface area contributed by atoms with Gasteiger partial charge in [-0.25, -0.2) is 4.79 Å². The molecule has 2 amide bonds. The predicted octanol–water partition coefficient (Wildman–Crippen LogP) is 2.28. The van der Waals surface area contributed by atoms with Crippen LogP contribution in [0.5, 0.6) is 0 Å². The van der Waals surface area contributed by atoms with Crippen molar-refractivity contribution >= 4 is 12.0 Å². The lowest BCUT2D eigenvalue weighted by atomic mass is 9.97. The summed E-state index contributed by atoms with van der Waals surface area (Å²) in [7, 11) is 0. The molecule has 1 aliphatic heterocycles. The maximum Gasteiger partial charge on any atom is 0.410 e. The molecule has 0 radical (unpaired) electrons. The Hall–Kier alpha value is -1.30. The second-order valence-corrected chi connectivity index (χ2v) is 7.40. The summed E-state index contributed by atoms with van der Waals surface area (Å²) in [4.78, 5) is 25.1. The highest BCUT2D eigenvalue weighted by Gasteiger charge is 2.31. The highest BCUT2D eigenvalue weighted by molar-refractivity contribution is 5.72. The zero-order valence-corrected chi connectivity index (χ0v) is 15.3. The summed E-state index contributed by atoms with van der Waals surface area (Å²) < 4.78 is 5.53. The molecule has 6 nitrogen and oxygen atoms in total. The first-order valence-corrected chi connectivity index (χ1v) is 8.66. The average Bonchev–Trinajstić information content (AvgIpc) is 2.42. The first-order valence-electron chi connectivity index (χ1n) is 8.66. The lowest BCUT2D eigenvalue weighted by molar-refractivity contribution is -0.118. The van der Waals surface area contributed by atoms with Gasteiger partial charge in [0.1, 0.15) is 5.60 Å². The van der Waals surface area contributed by atoms with Crippen LogP contribution >= 0.6 is 0 Å². The van der Waals surface area contributed by atoms with Gasteiger partial charge in [0, 0.05) is 38.6 Å². The van der Waals surface area contributed by atoms with Crippen LogP contribution in [0.15, 0.2) is 0 Å². The van der Waals surface area contributed by atoms with Crippen molar-refractivity contribution in [3.8, 4) is 0 Å². The second kappa shape index (κ2) is 9.11. The number of hydrogen-bond acceptors (Lipinski definition) is 4. The van der Waals surface area contributed by atoms with Crippen molar-refractivity contribution in [3.63, 3.8) is 0 Å². The van der Waals surface area contributed by atoms with Gasteiger partial charge in [-0.1, -0.05) is 0 Å². The third-order valence-electron chi connectivity index (χ3n) is 3.87. The molecule has 1 heterocycles. The van der Waals surface area contributed by atoms with Crippen molar-refractivity contribution in [1.29, 1.82) is 0 Å². The molecule has 0 aliphatic carbocycles. The van der Waals surface area contributed by atoms with Gasteiger partial charge in [-0.2, -0.15) is 0 Å². The number of piperidine rings is 1. The molecule has 0 spiro atoms. The Morgan fingerprint density at radius 1 is 1.26 bits per heavy atom. The van der Waals surface area contributed by atoms with E-state index in [0.717, 1.165) is 38.8 Å². The molecule has 0 aromatic rings. The normalized spacial score (nSPS) is 20.0. The van der Waals surface area contributed by atoms with Gasteiger partial charge in [0.05, 0.1) is 0 Å². The fourth-order valence-electron chi connectivity index (χ4n) is 2.86. The summed E-state index contributed by atoms with van der Waals surface area (Å²) >= 11 is 0. The lowest BCUT2D eigenvalue weighted by Gasteiger charge is -2.38. The Bertz CT molecular complexity index is 393. The molecule has 1 aliphatic rings. The highest BCUT2D eigenvalue weighted by Crippen LogP contribution is 2.23. The van der Waals surface area contributed by atoms with Gasteiger partial charge < -0.3 is 20.3 Å². The summed E-state index contributed by atoms with van der Waals surface area (Å²) in [6.07, 6.45) is 3.92. The molecule has 0 saturated carbocycles. The fourth-order valence-corrected chi connectivity index (χ4v) is 2.86. The molecule has 134 valence electrons. The van der Waals surface area contributed by atoms with Crippen molar-refractivity contribution < 1.29 is 14.3 Å². The van der Waals surface area contributed by atoms with Gasteiger partial charge in [-0.05, 0) is 53.4 Å². The Morgan fingerprint density at radius 2 is 1.96 bits per heavy atom. The maximum atomic E-state index is 12.4. The van der Waals surface area contributed by atoms with E-state index in [1.807, 2.05) is 25.7 Å². The number of nitrogens with one attached hydrogen (secondary N) is 2. The van der Waals surface area contributed by atoms with Crippen LogP contribution in [-0.4, -0.2) is 54.2 Å². The first-order chi connectivity index (χ1) is 10.7. The Balaban J connectivity index is 2.44.